The molecule has 0 saturated heterocycles. The van der Waals surface area contributed by atoms with E-state index in [2.05, 4.69) is 4.98 Å². The number of carboxylic acid groups (broad SMARTS) is 1. The Morgan fingerprint density at radius 3 is 2.58 bits per heavy atom. The zero-order chi connectivity index (χ0) is 14.2. The van der Waals surface area contributed by atoms with Gasteiger partial charge in [0.15, 0.2) is 0 Å². The number of aryl methyl sites for hydroxylation is 3. The number of hydrogen-bond acceptors (Lipinski definition) is 2. The first-order valence-electron chi connectivity index (χ1n) is 5.95. The molecule has 0 atom stereocenters. The summed E-state index contributed by atoms with van der Waals surface area (Å²) >= 11 is 0. The van der Waals surface area contributed by atoms with Crippen LogP contribution >= 0.6 is 0 Å². The minimum Gasteiger partial charge on any atom is -0.478 e. The standard InChI is InChI=1S/C15H15NO3/c1-8-6-9(2)14-12(7-8)10(3)11(15(19)16-14)4-5-13(17)18/h4-7H,1-3H3,(H,16,19)(H,17,18)/b5-4+. The summed E-state index contributed by atoms with van der Waals surface area (Å²) in [5.41, 5.74) is 3.83. The van der Waals surface area contributed by atoms with Crippen molar-refractivity contribution in [3.63, 3.8) is 0 Å². The summed E-state index contributed by atoms with van der Waals surface area (Å²) in [7, 11) is 0. The van der Waals surface area contributed by atoms with Crippen molar-refractivity contribution in [2.75, 3.05) is 0 Å². The summed E-state index contributed by atoms with van der Waals surface area (Å²) in [4.78, 5) is 25.4. The third-order valence-corrected chi connectivity index (χ3v) is 3.16. The van der Waals surface area contributed by atoms with Gasteiger partial charge in [-0.2, -0.15) is 0 Å². The molecule has 2 rings (SSSR count). The highest BCUT2D eigenvalue weighted by atomic mass is 16.4. The number of aromatic amines is 1. The Balaban J connectivity index is 2.82. The predicted octanol–water partition coefficient (Wildman–Crippen LogP) is 2.55. The maximum Gasteiger partial charge on any atom is 0.328 e. The van der Waals surface area contributed by atoms with Gasteiger partial charge in [-0.3, -0.25) is 4.79 Å². The molecule has 19 heavy (non-hydrogen) atoms. The van der Waals surface area contributed by atoms with Gasteiger partial charge in [0.2, 0.25) is 0 Å². The van der Waals surface area contributed by atoms with Crippen LogP contribution in [0.1, 0.15) is 22.3 Å². The van der Waals surface area contributed by atoms with Gasteiger partial charge in [0.25, 0.3) is 5.56 Å². The van der Waals surface area contributed by atoms with Crippen molar-refractivity contribution in [3.05, 3.63) is 50.8 Å². The van der Waals surface area contributed by atoms with Crippen molar-refractivity contribution >= 4 is 22.9 Å². The number of pyridine rings is 1. The Labute approximate surface area is 110 Å². The summed E-state index contributed by atoms with van der Waals surface area (Å²) in [6.07, 6.45) is 2.32. The van der Waals surface area contributed by atoms with E-state index in [4.69, 9.17) is 5.11 Å². The molecular weight excluding hydrogens is 242 g/mol. The number of rotatable bonds is 2. The molecule has 0 radical (unpaired) electrons. The smallest absolute Gasteiger partial charge is 0.328 e. The Morgan fingerprint density at radius 2 is 1.95 bits per heavy atom. The van der Waals surface area contributed by atoms with Crippen LogP contribution in [0.5, 0.6) is 0 Å². The van der Waals surface area contributed by atoms with Crippen LogP contribution < -0.4 is 5.56 Å². The molecule has 0 aliphatic rings. The Hall–Kier alpha value is -2.36. The van der Waals surface area contributed by atoms with Crippen LogP contribution in [0.2, 0.25) is 0 Å². The lowest BCUT2D eigenvalue weighted by Crippen LogP contribution is -2.12. The minimum absolute atomic E-state index is 0.269. The van der Waals surface area contributed by atoms with Gasteiger partial charge in [-0.25, -0.2) is 4.79 Å². The minimum atomic E-state index is -1.07. The quantitative estimate of drug-likeness (QED) is 0.812. The SMILES string of the molecule is Cc1cc(C)c2[nH]c(=O)c(/C=C/C(=O)O)c(C)c2c1. The summed E-state index contributed by atoms with van der Waals surface area (Å²) in [5, 5.41) is 9.61. The maximum absolute atomic E-state index is 12.0. The summed E-state index contributed by atoms with van der Waals surface area (Å²) < 4.78 is 0. The van der Waals surface area contributed by atoms with Gasteiger partial charge in [-0.05, 0) is 44.0 Å². The van der Waals surface area contributed by atoms with Gasteiger partial charge in [0, 0.05) is 17.0 Å². The number of carboxylic acids is 1. The van der Waals surface area contributed by atoms with E-state index in [1.54, 1.807) is 0 Å². The van der Waals surface area contributed by atoms with Crippen LogP contribution in [0.15, 0.2) is 23.0 Å². The van der Waals surface area contributed by atoms with Crippen LogP contribution in [0, 0.1) is 20.8 Å². The molecule has 1 aromatic heterocycles. The topological polar surface area (TPSA) is 70.2 Å². The first-order valence-corrected chi connectivity index (χ1v) is 5.95. The molecule has 0 fully saturated rings. The van der Waals surface area contributed by atoms with Crippen LogP contribution in [0.25, 0.3) is 17.0 Å². The fraction of sp³-hybridized carbons (Fsp3) is 0.200. The zero-order valence-corrected chi connectivity index (χ0v) is 11.1. The lowest BCUT2D eigenvalue weighted by Gasteiger charge is -2.09. The fourth-order valence-corrected chi connectivity index (χ4v) is 2.28. The molecule has 98 valence electrons. The number of H-pyrrole nitrogens is 1. The molecule has 0 bridgehead atoms. The number of hydrogen-bond donors (Lipinski definition) is 2. The van der Waals surface area contributed by atoms with Crippen molar-refractivity contribution < 1.29 is 9.90 Å². The second-order valence-corrected chi connectivity index (χ2v) is 4.67. The third kappa shape index (κ3) is 2.42. The maximum atomic E-state index is 12.0. The molecule has 1 aromatic carbocycles. The number of fused-ring (bicyclic) bond motifs is 1. The highest BCUT2D eigenvalue weighted by Gasteiger charge is 2.09. The number of nitrogens with one attached hydrogen (secondary N) is 1. The van der Waals surface area contributed by atoms with Crippen LogP contribution in [-0.2, 0) is 4.79 Å². The monoisotopic (exact) mass is 257 g/mol. The van der Waals surface area contributed by atoms with Crippen LogP contribution in [-0.4, -0.2) is 16.1 Å². The summed E-state index contributed by atoms with van der Waals surface area (Å²) in [6.45, 7) is 5.76. The van der Waals surface area contributed by atoms with E-state index in [1.807, 2.05) is 32.9 Å². The molecule has 0 aliphatic carbocycles. The molecule has 0 saturated carbocycles. The molecule has 4 nitrogen and oxygen atoms in total. The van der Waals surface area contributed by atoms with E-state index in [9.17, 15) is 9.59 Å². The molecule has 4 heteroatoms. The number of benzene rings is 1. The first kappa shape index (κ1) is 13.1. The fourth-order valence-electron chi connectivity index (χ4n) is 2.28. The van der Waals surface area contributed by atoms with E-state index < -0.39 is 5.97 Å². The molecule has 2 N–H and O–H groups in total. The van der Waals surface area contributed by atoms with Gasteiger partial charge in [0.1, 0.15) is 0 Å². The normalized spacial score (nSPS) is 11.3. The number of carbonyl (C=O) groups is 1. The Morgan fingerprint density at radius 1 is 1.26 bits per heavy atom. The van der Waals surface area contributed by atoms with Crippen LogP contribution in [0.3, 0.4) is 0 Å². The predicted molar refractivity (Wildman–Crippen MR) is 75.4 cm³/mol. The molecule has 1 heterocycles. The molecular formula is C15H15NO3. The lowest BCUT2D eigenvalue weighted by molar-refractivity contribution is -0.131. The van der Waals surface area contributed by atoms with Crippen molar-refractivity contribution in [3.8, 4) is 0 Å². The Kier molecular flexibility index (Phi) is 3.25. The number of aliphatic carboxylic acids is 1. The highest BCUT2D eigenvalue weighted by Crippen LogP contribution is 2.22. The third-order valence-electron chi connectivity index (χ3n) is 3.16. The molecule has 2 aromatic rings. The lowest BCUT2D eigenvalue weighted by atomic mass is 10.00. The van der Waals surface area contributed by atoms with Crippen molar-refractivity contribution in [1.29, 1.82) is 0 Å². The second-order valence-electron chi connectivity index (χ2n) is 4.67. The molecule has 0 unspecified atom stereocenters. The van der Waals surface area contributed by atoms with E-state index in [1.165, 1.54) is 6.08 Å². The van der Waals surface area contributed by atoms with E-state index in [0.717, 1.165) is 33.7 Å². The van der Waals surface area contributed by atoms with E-state index in [0.29, 0.717) is 5.56 Å². The van der Waals surface area contributed by atoms with Gasteiger partial charge < -0.3 is 10.1 Å². The second kappa shape index (κ2) is 4.72. The number of aromatic nitrogens is 1. The molecule has 0 spiro atoms. The van der Waals surface area contributed by atoms with Gasteiger partial charge >= 0.3 is 5.97 Å². The Bertz CT molecular complexity index is 754. The zero-order valence-electron chi connectivity index (χ0n) is 11.1. The highest BCUT2D eigenvalue weighted by molar-refractivity contribution is 5.90. The first-order chi connectivity index (χ1) is 8.90. The summed E-state index contributed by atoms with van der Waals surface area (Å²) in [6, 6.07) is 4.00. The average Bonchev–Trinajstić information content (AvgIpc) is 2.30. The summed E-state index contributed by atoms with van der Waals surface area (Å²) in [5.74, 6) is -1.07. The average molecular weight is 257 g/mol. The van der Waals surface area contributed by atoms with E-state index >= 15 is 0 Å². The van der Waals surface area contributed by atoms with E-state index in [-0.39, 0.29) is 5.56 Å². The van der Waals surface area contributed by atoms with Crippen molar-refractivity contribution in [2.45, 2.75) is 20.8 Å². The van der Waals surface area contributed by atoms with Crippen molar-refractivity contribution in [2.24, 2.45) is 0 Å². The van der Waals surface area contributed by atoms with Gasteiger partial charge in [0.05, 0.1) is 5.52 Å². The molecule has 0 amide bonds. The van der Waals surface area contributed by atoms with Crippen LogP contribution in [0.4, 0.5) is 0 Å². The molecule has 0 aliphatic heterocycles. The largest absolute Gasteiger partial charge is 0.478 e. The van der Waals surface area contributed by atoms with Crippen molar-refractivity contribution in [1.82, 2.24) is 4.98 Å². The van der Waals surface area contributed by atoms with Gasteiger partial charge in [-0.1, -0.05) is 11.6 Å². The van der Waals surface area contributed by atoms with Gasteiger partial charge in [-0.15, -0.1) is 0 Å².